The van der Waals surface area contributed by atoms with Crippen LogP contribution in [0.25, 0.3) is 0 Å². The topological polar surface area (TPSA) is 41.3 Å². The van der Waals surface area contributed by atoms with E-state index in [4.69, 9.17) is 4.52 Å². The molecule has 0 aliphatic heterocycles. The number of aromatic nitrogens is 1. The van der Waals surface area contributed by atoms with E-state index < -0.39 is 0 Å². The maximum absolute atomic E-state index is 5.42. The average molecular weight is 265 g/mol. The maximum Gasteiger partial charge on any atom is 0.151 e. The molecule has 1 N–H and O–H groups in total. The highest BCUT2D eigenvalue weighted by Crippen LogP contribution is 2.35. The smallest absolute Gasteiger partial charge is 0.151 e. The van der Waals surface area contributed by atoms with Gasteiger partial charge in [0.1, 0.15) is 0 Å². The zero-order valence-corrected chi connectivity index (χ0v) is 12.9. The van der Waals surface area contributed by atoms with Crippen molar-refractivity contribution >= 4 is 0 Å². The molecule has 0 spiro atoms. The van der Waals surface area contributed by atoms with Gasteiger partial charge in [0, 0.05) is 24.2 Å². The maximum atomic E-state index is 5.42. The van der Waals surface area contributed by atoms with E-state index in [1.807, 2.05) is 0 Å². The van der Waals surface area contributed by atoms with E-state index in [2.05, 4.69) is 56.2 Å². The summed E-state index contributed by atoms with van der Waals surface area (Å²) in [6.07, 6.45) is 2.76. The summed E-state index contributed by atoms with van der Waals surface area (Å²) >= 11 is 0. The van der Waals surface area contributed by atoms with Gasteiger partial charge in [0.2, 0.25) is 0 Å². The summed E-state index contributed by atoms with van der Waals surface area (Å²) in [6, 6.07) is 2.70. The number of hydrogen-bond donors (Lipinski definition) is 1. The molecule has 4 heteroatoms. The monoisotopic (exact) mass is 265 g/mol. The van der Waals surface area contributed by atoms with E-state index >= 15 is 0 Å². The SMILES string of the molecule is CC(C1CC1)N(C)Cc1cc(CNC(C)(C)C)no1. The molecule has 0 radical (unpaired) electrons. The van der Waals surface area contributed by atoms with Crippen molar-refractivity contribution in [3.8, 4) is 0 Å². The summed E-state index contributed by atoms with van der Waals surface area (Å²) in [6.45, 7) is 10.4. The molecule has 4 nitrogen and oxygen atoms in total. The normalized spacial score (nSPS) is 18.0. The largest absolute Gasteiger partial charge is 0.360 e. The fraction of sp³-hybridized carbons (Fsp3) is 0.800. The highest BCUT2D eigenvalue weighted by Gasteiger charge is 2.30. The molecule has 1 aromatic rings. The molecular formula is C15H27N3O. The van der Waals surface area contributed by atoms with E-state index in [0.717, 1.165) is 30.5 Å². The first-order valence-corrected chi connectivity index (χ1v) is 7.25. The molecule has 0 saturated heterocycles. The number of hydrogen-bond acceptors (Lipinski definition) is 4. The van der Waals surface area contributed by atoms with Crippen LogP contribution < -0.4 is 5.32 Å². The second-order valence-corrected chi connectivity index (χ2v) is 6.88. The molecule has 19 heavy (non-hydrogen) atoms. The van der Waals surface area contributed by atoms with Crippen LogP contribution >= 0.6 is 0 Å². The minimum atomic E-state index is 0.108. The molecule has 1 aliphatic carbocycles. The molecule has 1 aliphatic rings. The second-order valence-electron chi connectivity index (χ2n) is 6.88. The molecule has 1 fully saturated rings. The first-order valence-electron chi connectivity index (χ1n) is 7.25. The van der Waals surface area contributed by atoms with Gasteiger partial charge >= 0.3 is 0 Å². The molecule has 2 rings (SSSR count). The average Bonchev–Trinajstić information content (AvgIpc) is 3.06. The van der Waals surface area contributed by atoms with Gasteiger partial charge in [0.25, 0.3) is 0 Å². The van der Waals surface area contributed by atoms with Gasteiger partial charge in [-0.2, -0.15) is 0 Å². The molecule has 1 heterocycles. The van der Waals surface area contributed by atoms with Crippen molar-refractivity contribution in [2.24, 2.45) is 5.92 Å². The van der Waals surface area contributed by atoms with Crippen molar-refractivity contribution in [2.75, 3.05) is 7.05 Å². The minimum Gasteiger partial charge on any atom is -0.360 e. The third kappa shape index (κ3) is 4.62. The Kier molecular flexibility index (Phi) is 4.31. The Hall–Kier alpha value is -0.870. The molecule has 1 unspecified atom stereocenters. The van der Waals surface area contributed by atoms with E-state index in [9.17, 15) is 0 Å². The summed E-state index contributed by atoms with van der Waals surface area (Å²) in [7, 11) is 2.17. The Bertz CT molecular complexity index is 404. The first kappa shape index (κ1) is 14.5. The second kappa shape index (κ2) is 5.63. The van der Waals surface area contributed by atoms with Gasteiger partial charge in [0.05, 0.1) is 12.2 Å². The van der Waals surface area contributed by atoms with Crippen molar-refractivity contribution in [3.63, 3.8) is 0 Å². The van der Waals surface area contributed by atoms with Gasteiger partial charge in [-0.15, -0.1) is 0 Å². The van der Waals surface area contributed by atoms with Crippen LogP contribution in [0.2, 0.25) is 0 Å². The van der Waals surface area contributed by atoms with Crippen LogP contribution in [-0.2, 0) is 13.1 Å². The van der Waals surface area contributed by atoms with E-state index in [1.54, 1.807) is 0 Å². The molecule has 1 atom stereocenters. The Morgan fingerprint density at radius 1 is 1.47 bits per heavy atom. The predicted octanol–water partition coefficient (Wildman–Crippen LogP) is 2.79. The number of nitrogens with zero attached hydrogens (tertiary/aromatic N) is 2. The van der Waals surface area contributed by atoms with Crippen molar-refractivity contribution in [3.05, 3.63) is 17.5 Å². The van der Waals surface area contributed by atoms with Crippen LogP contribution in [0.5, 0.6) is 0 Å². The van der Waals surface area contributed by atoms with Crippen molar-refractivity contribution in [1.29, 1.82) is 0 Å². The summed E-state index contributed by atoms with van der Waals surface area (Å²) in [5.41, 5.74) is 1.09. The lowest BCUT2D eigenvalue weighted by Gasteiger charge is -2.22. The Morgan fingerprint density at radius 2 is 2.16 bits per heavy atom. The summed E-state index contributed by atoms with van der Waals surface area (Å²) in [5.74, 6) is 1.84. The van der Waals surface area contributed by atoms with Gasteiger partial charge in [-0.3, -0.25) is 4.90 Å². The van der Waals surface area contributed by atoms with Gasteiger partial charge in [-0.25, -0.2) is 0 Å². The summed E-state index contributed by atoms with van der Waals surface area (Å²) < 4.78 is 5.42. The molecule has 1 aromatic heterocycles. The van der Waals surface area contributed by atoms with Crippen LogP contribution in [0.15, 0.2) is 10.6 Å². The number of nitrogens with one attached hydrogen (secondary N) is 1. The zero-order valence-electron chi connectivity index (χ0n) is 12.9. The fourth-order valence-corrected chi connectivity index (χ4v) is 2.20. The molecule has 108 valence electrons. The standard InChI is InChI=1S/C15H27N3O/c1-11(12-6-7-12)18(5)10-14-8-13(17-19-14)9-16-15(2,3)4/h8,11-12,16H,6-7,9-10H2,1-5H3. The molecule has 1 saturated carbocycles. The lowest BCUT2D eigenvalue weighted by Crippen LogP contribution is -2.35. The molecule has 0 aromatic carbocycles. The highest BCUT2D eigenvalue weighted by atomic mass is 16.5. The Balaban J connectivity index is 1.83. The third-order valence-corrected chi connectivity index (χ3v) is 3.81. The Morgan fingerprint density at radius 3 is 2.74 bits per heavy atom. The van der Waals surface area contributed by atoms with Crippen molar-refractivity contribution in [2.45, 2.75) is 65.2 Å². The third-order valence-electron chi connectivity index (χ3n) is 3.81. The van der Waals surface area contributed by atoms with Crippen LogP contribution in [0.1, 0.15) is 52.0 Å². The molecule has 0 bridgehead atoms. The van der Waals surface area contributed by atoms with E-state index in [0.29, 0.717) is 6.04 Å². The summed E-state index contributed by atoms with van der Waals surface area (Å²) in [4.78, 5) is 2.36. The highest BCUT2D eigenvalue weighted by molar-refractivity contribution is 5.06. The van der Waals surface area contributed by atoms with Gasteiger partial charge in [-0.05, 0) is 53.5 Å². The lowest BCUT2D eigenvalue weighted by molar-refractivity contribution is 0.201. The summed E-state index contributed by atoms with van der Waals surface area (Å²) in [5, 5.41) is 7.55. The molecular weight excluding hydrogens is 238 g/mol. The predicted molar refractivity (Wildman–Crippen MR) is 76.7 cm³/mol. The van der Waals surface area contributed by atoms with Crippen molar-refractivity contribution < 1.29 is 4.52 Å². The van der Waals surface area contributed by atoms with E-state index in [1.165, 1.54) is 12.8 Å². The zero-order chi connectivity index (χ0) is 14.0. The van der Waals surface area contributed by atoms with Crippen LogP contribution in [0.4, 0.5) is 0 Å². The minimum absolute atomic E-state index is 0.108. The van der Waals surface area contributed by atoms with Gasteiger partial charge in [0.15, 0.2) is 5.76 Å². The first-order chi connectivity index (χ1) is 8.85. The van der Waals surface area contributed by atoms with Crippen molar-refractivity contribution in [1.82, 2.24) is 15.4 Å². The van der Waals surface area contributed by atoms with Crippen LogP contribution in [0, 0.1) is 5.92 Å². The van der Waals surface area contributed by atoms with Gasteiger partial charge in [-0.1, -0.05) is 5.16 Å². The van der Waals surface area contributed by atoms with Crippen LogP contribution in [0.3, 0.4) is 0 Å². The lowest BCUT2D eigenvalue weighted by atomic mass is 10.1. The van der Waals surface area contributed by atoms with Gasteiger partial charge < -0.3 is 9.84 Å². The van der Waals surface area contributed by atoms with Crippen LogP contribution in [-0.4, -0.2) is 28.7 Å². The van der Waals surface area contributed by atoms with E-state index in [-0.39, 0.29) is 5.54 Å². The Labute approximate surface area is 116 Å². The number of rotatable bonds is 6. The quantitative estimate of drug-likeness (QED) is 0.858. The molecule has 0 amide bonds. The fourth-order valence-electron chi connectivity index (χ4n) is 2.20.